The molecule has 0 bridgehead atoms. The van der Waals surface area contributed by atoms with Gasteiger partial charge >= 0.3 is 5.97 Å². The van der Waals surface area contributed by atoms with E-state index in [0.717, 1.165) is 53.8 Å². The Hall–Kier alpha value is -4.13. The van der Waals surface area contributed by atoms with E-state index in [2.05, 4.69) is 10.1 Å². The van der Waals surface area contributed by atoms with Gasteiger partial charge in [0.15, 0.2) is 5.82 Å². The number of para-hydroxylation sites is 1. The standard InChI is InChI=1S/C27H26N4O3/c1-17(27(32)33)15-22-23(18-11-13-21(14-12-18)34-20-9-3-2-4-10-20)25-26(28)29-16-30-31(25)24(22)19-7-5-6-8-19/h2-4,9-16,19H,5-8H2,1H3,(H,32,33)(H2,28,29,30). The lowest BCUT2D eigenvalue weighted by Gasteiger charge is -2.12. The second kappa shape index (κ2) is 9.02. The van der Waals surface area contributed by atoms with Gasteiger partial charge in [0, 0.05) is 22.6 Å². The van der Waals surface area contributed by atoms with Gasteiger partial charge in [-0.1, -0.05) is 43.2 Å². The number of nitrogens with zero attached hydrogens (tertiary/aromatic N) is 3. The van der Waals surface area contributed by atoms with Crippen molar-refractivity contribution in [1.82, 2.24) is 14.6 Å². The lowest BCUT2D eigenvalue weighted by molar-refractivity contribution is -0.132. The first-order valence-corrected chi connectivity index (χ1v) is 11.4. The van der Waals surface area contributed by atoms with Crippen LogP contribution in [0, 0.1) is 0 Å². The third-order valence-corrected chi connectivity index (χ3v) is 6.39. The van der Waals surface area contributed by atoms with Crippen LogP contribution in [0.4, 0.5) is 5.82 Å². The molecular weight excluding hydrogens is 428 g/mol. The van der Waals surface area contributed by atoms with Crippen molar-refractivity contribution in [3.8, 4) is 22.6 Å². The average Bonchev–Trinajstić information content (AvgIpc) is 3.47. The molecule has 0 aliphatic heterocycles. The summed E-state index contributed by atoms with van der Waals surface area (Å²) in [6.07, 6.45) is 7.55. The lowest BCUT2D eigenvalue weighted by atomic mass is 9.93. The summed E-state index contributed by atoms with van der Waals surface area (Å²) in [5, 5.41) is 14.2. The number of ether oxygens (including phenoxy) is 1. The first kappa shape index (κ1) is 21.7. The molecule has 4 aromatic rings. The summed E-state index contributed by atoms with van der Waals surface area (Å²) in [7, 11) is 0. The van der Waals surface area contributed by atoms with E-state index in [1.807, 2.05) is 59.1 Å². The smallest absolute Gasteiger partial charge is 0.331 e. The van der Waals surface area contributed by atoms with E-state index in [1.54, 1.807) is 13.0 Å². The average molecular weight is 455 g/mol. The maximum Gasteiger partial charge on any atom is 0.331 e. The molecule has 0 spiro atoms. The number of carboxylic acids is 1. The molecule has 1 aliphatic carbocycles. The van der Waals surface area contributed by atoms with Gasteiger partial charge in [-0.3, -0.25) is 0 Å². The Bertz CT molecular complexity index is 1370. The van der Waals surface area contributed by atoms with Crippen molar-refractivity contribution in [2.75, 3.05) is 5.73 Å². The van der Waals surface area contributed by atoms with Crippen LogP contribution in [0.5, 0.6) is 11.5 Å². The Balaban J connectivity index is 1.69. The third kappa shape index (κ3) is 4.01. The fourth-order valence-electron chi connectivity index (χ4n) is 4.78. The molecule has 2 aromatic heterocycles. The summed E-state index contributed by atoms with van der Waals surface area (Å²) in [4.78, 5) is 16.0. The third-order valence-electron chi connectivity index (χ3n) is 6.39. The summed E-state index contributed by atoms with van der Waals surface area (Å²) >= 11 is 0. The minimum atomic E-state index is -0.954. The molecule has 3 N–H and O–H groups in total. The van der Waals surface area contributed by atoms with Gasteiger partial charge in [0.25, 0.3) is 0 Å². The Kier molecular flexibility index (Phi) is 5.76. The molecule has 7 nitrogen and oxygen atoms in total. The molecule has 0 radical (unpaired) electrons. The van der Waals surface area contributed by atoms with E-state index in [9.17, 15) is 9.90 Å². The number of anilines is 1. The first-order chi connectivity index (χ1) is 16.5. The molecular formula is C27H26N4O3. The molecule has 7 heteroatoms. The van der Waals surface area contributed by atoms with Crippen LogP contribution >= 0.6 is 0 Å². The van der Waals surface area contributed by atoms with E-state index in [0.29, 0.717) is 17.1 Å². The van der Waals surface area contributed by atoms with Crippen LogP contribution in [0.1, 0.15) is 49.8 Å². The first-order valence-electron chi connectivity index (χ1n) is 11.4. The molecule has 0 atom stereocenters. The number of carbonyl (C=O) groups is 1. The van der Waals surface area contributed by atoms with Crippen molar-refractivity contribution >= 4 is 23.4 Å². The molecule has 2 aromatic carbocycles. The number of fused-ring (bicyclic) bond motifs is 1. The number of rotatable bonds is 6. The van der Waals surface area contributed by atoms with E-state index in [-0.39, 0.29) is 11.5 Å². The molecule has 1 saturated carbocycles. The van der Waals surface area contributed by atoms with Crippen LogP contribution in [0.15, 0.2) is 66.5 Å². The summed E-state index contributed by atoms with van der Waals surface area (Å²) < 4.78 is 7.81. The van der Waals surface area contributed by atoms with Gasteiger partial charge in [-0.25, -0.2) is 14.3 Å². The summed E-state index contributed by atoms with van der Waals surface area (Å²) in [6, 6.07) is 17.3. The van der Waals surface area contributed by atoms with Gasteiger partial charge in [0.1, 0.15) is 23.3 Å². The minimum absolute atomic E-state index is 0.256. The normalized spacial score (nSPS) is 14.6. The van der Waals surface area contributed by atoms with Gasteiger partial charge in [-0.2, -0.15) is 5.10 Å². The summed E-state index contributed by atoms with van der Waals surface area (Å²) in [5.74, 6) is 1.15. The highest BCUT2D eigenvalue weighted by atomic mass is 16.5. The van der Waals surface area contributed by atoms with Crippen molar-refractivity contribution in [2.45, 2.75) is 38.5 Å². The van der Waals surface area contributed by atoms with Gasteiger partial charge in [-0.05, 0) is 55.7 Å². The van der Waals surface area contributed by atoms with Crippen molar-refractivity contribution in [3.05, 3.63) is 77.8 Å². The lowest BCUT2D eigenvalue weighted by Crippen LogP contribution is -2.05. The molecule has 5 rings (SSSR count). The van der Waals surface area contributed by atoms with E-state index in [1.165, 1.54) is 6.33 Å². The van der Waals surface area contributed by atoms with Crippen LogP contribution in [-0.2, 0) is 4.79 Å². The summed E-state index contributed by atoms with van der Waals surface area (Å²) in [6.45, 7) is 1.61. The number of aliphatic carboxylic acids is 1. The maximum atomic E-state index is 11.7. The predicted octanol–water partition coefficient (Wildman–Crippen LogP) is 5.92. The number of hydrogen-bond acceptors (Lipinski definition) is 5. The Morgan fingerprint density at radius 2 is 1.76 bits per heavy atom. The fourth-order valence-corrected chi connectivity index (χ4v) is 4.78. The number of nitrogens with two attached hydrogens (primary N) is 1. The zero-order chi connectivity index (χ0) is 23.7. The van der Waals surface area contributed by atoms with Gasteiger partial charge in [0.2, 0.25) is 0 Å². The Labute approximate surface area is 197 Å². The molecule has 2 heterocycles. The number of nitrogen functional groups attached to an aromatic ring is 1. The fraction of sp³-hybridized carbons (Fsp3) is 0.222. The highest BCUT2D eigenvalue weighted by Crippen LogP contribution is 2.44. The topological polar surface area (TPSA) is 103 Å². The van der Waals surface area contributed by atoms with E-state index < -0.39 is 5.97 Å². The minimum Gasteiger partial charge on any atom is -0.478 e. The molecule has 0 saturated heterocycles. The predicted molar refractivity (Wildman–Crippen MR) is 132 cm³/mol. The van der Waals surface area contributed by atoms with Gasteiger partial charge < -0.3 is 15.6 Å². The van der Waals surface area contributed by atoms with E-state index in [4.69, 9.17) is 10.5 Å². The van der Waals surface area contributed by atoms with Crippen LogP contribution in [0.25, 0.3) is 22.7 Å². The molecule has 0 unspecified atom stereocenters. The number of hydrogen-bond donors (Lipinski definition) is 2. The van der Waals surface area contributed by atoms with Crippen LogP contribution < -0.4 is 10.5 Å². The second-order valence-corrected chi connectivity index (χ2v) is 8.63. The Morgan fingerprint density at radius 1 is 1.09 bits per heavy atom. The quantitative estimate of drug-likeness (QED) is 0.351. The monoisotopic (exact) mass is 454 g/mol. The zero-order valence-corrected chi connectivity index (χ0v) is 18.9. The van der Waals surface area contributed by atoms with Gasteiger partial charge in [0.05, 0.1) is 5.69 Å². The second-order valence-electron chi connectivity index (χ2n) is 8.63. The number of carboxylic acid groups (broad SMARTS) is 1. The zero-order valence-electron chi connectivity index (χ0n) is 18.9. The van der Waals surface area contributed by atoms with Crippen LogP contribution in [0.3, 0.4) is 0 Å². The largest absolute Gasteiger partial charge is 0.478 e. The molecule has 0 amide bonds. The maximum absolute atomic E-state index is 11.7. The molecule has 1 aliphatic rings. The SMILES string of the molecule is CC(=Cc1c(-c2ccc(Oc3ccccc3)cc2)c2c(N)ncnn2c1C1CCCC1)C(=O)O. The van der Waals surface area contributed by atoms with E-state index >= 15 is 0 Å². The molecule has 34 heavy (non-hydrogen) atoms. The van der Waals surface area contributed by atoms with Crippen molar-refractivity contribution in [1.29, 1.82) is 0 Å². The van der Waals surface area contributed by atoms with Crippen LogP contribution in [0.2, 0.25) is 0 Å². The molecule has 1 fully saturated rings. The highest BCUT2D eigenvalue weighted by molar-refractivity contribution is 5.99. The number of aromatic nitrogens is 3. The van der Waals surface area contributed by atoms with Crippen molar-refractivity contribution < 1.29 is 14.6 Å². The van der Waals surface area contributed by atoms with Crippen molar-refractivity contribution in [3.63, 3.8) is 0 Å². The molecule has 172 valence electrons. The highest BCUT2D eigenvalue weighted by Gasteiger charge is 2.29. The Morgan fingerprint density at radius 3 is 2.44 bits per heavy atom. The number of benzene rings is 2. The van der Waals surface area contributed by atoms with Gasteiger partial charge in [-0.15, -0.1) is 0 Å². The van der Waals surface area contributed by atoms with Crippen LogP contribution in [-0.4, -0.2) is 25.7 Å². The summed E-state index contributed by atoms with van der Waals surface area (Å²) in [5.41, 5.74) is 10.9. The van der Waals surface area contributed by atoms with Crippen molar-refractivity contribution in [2.24, 2.45) is 0 Å².